The Hall–Kier alpha value is -5.00. The second kappa shape index (κ2) is 19.6. The quantitative estimate of drug-likeness (QED) is 0.122. The van der Waals surface area contributed by atoms with Gasteiger partial charge in [-0.1, -0.05) is 196 Å². The third-order valence-electron chi connectivity index (χ3n) is 11.0. The summed E-state index contributed by atoms with van der Waals surface area (Å²) in [5.41, 5.74) is 11.2. The number of ketones is 4. The van der Waals surface area contributed by atoms with Crippen molar-refractivity contribution in [1.29, 1.82) is 0 Å². The van der Waals surface area contributed by atoms with Crippen molar-refractivity contribution in [2.75, 3.05) is 0 Å². The third kappa shape index (κ3) is 8.54. The molecule has 11 rings (SSSR count). The zero-order valence-corrected chi connectivity index (χ0v) is 39.9. The van der Waals surface area contributed by atoms with Gasteiger partial charge in [-0.15, -0.1) is 0 Å². The summed E-state index contributed by atoms with van der Waals surface area (Å²) in [6.45, 7) is 0. The average molecular weight is 963 g/mol. The van der Waals surface area contributed by atoms with Crippen molar-refractivity contribution in [2.24, 2.45) is 0 Å². The minimum absolute atomic E-state index is 0. The van der Waals surface area contributed by atoms with E-state index in [0.717, 1.165) is 75.4 Å². The van der Waals surface area contributed by atoms with Gasteiger partial charge in [0.05, 0.1) is 0 Å². The molecule has 8 heteroatoms. The van der Waals surface area contributed by atoms with Crippen molar-refractivity contribution >= 4 is 98.8 Å². The topological polar surface area (TPSA) is 98.3 Å². The summed E-state index contributed by atoms with van der Waals surface area (Å²) in [5, 5.41) is 4.11. The minimum atomic E-state index is -0.395. The first-order valence-electron chi connectivity index (χ1n) is 19.6. The van der Waals surface area contributed by atoms with Gasteiger partial charge in [0.1, 0.15) is 5.78 Å². The van der Waals surface area contributed by atoms with Crippen LogP contribution in [0.3, 0.4) is 0 Å². The molecule has 0 aromatic heterocycles. The van der Waals surface area contributed by atoms with Crippen LogP contribution in [-0.2, 0) is 22.4 Å². The number of benzene rings is 8. The molecular formula is C54H35Br2KO5. The summed E-state index contributed by atoms with van der Waals surface area (Å²) < 4.78 is 1.98. The molecule has 3 aliphatic carbocycles. The molecule has 0 spiro atoms. The Morgan fingerprint density at radius 2 is 0.726 bits per heavy atom. The molecule has 0 saturated heterocycles. The van der Waals surface area contributed by atoms with Crippen LogP contribution in [0.25, 0.3) is 43.8 Å². The summed E-state index contributed by atoms with van der Waals surface area (Å²) in [6, 6.07) is 59.3. The van der Waals surface area contributed by atoms with E-state index in [0.29, 0.717) is 24.0 Å². The van der Waals surface area contributed by atoms with Gasteiger partial charge in [-0.2, -0.15) is 0 Å². The summed E-state index contributed by atoms with van der Waals surface area (Å²) in [6.07, 6.45) is 1.05. The van der Waals surface area contributed by atoms with Gasteiger partial charge < -0.3 is 5.48 Å². The van der Waals surface area contributed by atoms with Crippen LogP contribution in [0.15, 0.2) is 191 Å². The molecule has 0 heterocycles. The van der Waals surface area contributed by atoms with E-state index in [1.54, 1.807) is 24.3 Å². The van der Waals surface area contributed by atoms with E-state index >= 15 is 0 Å². The average Bonchev–Trinajstić information content (AvgIpc) is 3.86. The maximum atomic E-state index is 13.8. The molecule has 8 aromatic rings. The molecule has 0 saturated carbocycles. The molecule has 0 amide bonds. The zero-order chi connectivity index (χ0) is 41.3. The van der Waals surface area contributed by atoms with E-state index in [1.165, 1.54) is 10.8 Å². The summed E-state index contributed by atoms with van der Waals surface area (Å²) >= 11 is 7.12. The Labute approximate surface area is 418 Å². The third-order valence-corrected chi connectivity index (χ3v) is 12.4. The van der Waals surface area contributed by atoms with Crippen LogP contribution in [0.5, 0.6) is 0 Å². The van der Waals surface area contributed by atoms with Crippen LogP contribution in [0.4, 0.5) is 0 Å². The summed E-state index contributed by atoms with van der Waals surface area (Å²) in [5.74, 6) is -0.419. The van der Waals surface area contributed by atoms with Gasteiger partial charge >= 0.3 is 51.4 Å². The van der Waals surface area contributed by atoms with E-state index in [1.807, 2.05) is 127 Å². The number of hydrogen-bond acceptors (Lipinski definition) is 5. The van der Waals surface area contributed by atoms with Gasteiger partial charge in [0.2, 0.25) is 11.6 Å². The largest absolute Gasteiger partial charge is 1.00 e. The molecule has 0 unspecified atom stereocenters. The summed E-state index contributed by atoms with van der Waals surface area (Å²) in [4.78, 5) is 48.8. The van der Waals surface area contributed by atoms with Crippen LogP contribution in [0.2, 0.25) is 0 Å². The number of rotatable bonds is 6. The van der Waals surface area contributed by atoms with E-state index in [9.17, 15) is 19.2 Å². The molecule has 0 fully saturated rings. The fraction of sp³-hybridized carbons (Fsp3) is 0.0370. The van der Waals surface area contributed by atoms with Gasteiger partial charge in [-0.05, 0) is 67.7 Å². The van der Waals surface area contributed by atoms with E-state index in [4.69, 9.17) is 0 Å². The van der Waals surface area contributed by atoms with Crippen LogP contribution < -0.4 is 51.4 Å². The van der Waals surface area contributed by atoms with Crippen molar-refractivity contribution < 1.29 is 76.0 Å². The van der Waals surface area contributed by atoms with Crippen LogP contribution in [-0.4, -0.2) is 28.6 Å². The molecule has 5 nitrogen and oxygen atoms in total. The first-order chi connectivity index (χ1) is 29.3. The maximum Gasteiger partial charge on any atom is 1.00 e. The molecule has 296 valence electrons. The van der Waals surface area contributed by atoms with Crippen molar-refractivity contribution in [3.63, 3.8) is 0 Å². The minimum Gasteiger partial charge on any atom is -0.870 e. The predicted molar refractivity (Wildman–Crippen MR) is 251 cm³/mol. The second-order valence-corrected chi connectivity index (χ2v) is 16.4. The Balaban J connectivity index is 0.000000150. The molecule has 0 bridgehead atoms. The number of carbonyl (C=O) groups is 4. The number of fused-ring (bicyclic) bond motifs is 3. The van der Waals surface area contributed by atoms with Crippen LogP contribution in [0, 0.1) is 0 Å². The monoisotopic (exact) mass is 960 g/mol. The van der Waals surface area contributed by atoms with Crippen molar-refractivity contribution in [1.82, 2.24) is 0 Å². The number of halogens is 2. The summed E-state index contributed by atoms with van der Waals surface area (Å²) in [7, 11) is 0. The van der Waals surface area contributed by atoms with E-state index in [-0.39, 0.29) is 68.4 Å². The molecule has 1 N–H and O–H groups in total. The standard InChI is InChI=1S/C27H15BrO.C15H14O.C12H5BrO2.K.H2O/c28-21-15-14-20-24-18(21)12-7-13-19(24)25-22(16-8-3-1-4-9-16)27(29)23(26(20)25)17-10-5-2-6-11-17;16-15(11-13-7-3-1-4-8-13)12-14-9-5-2-6-10-14;13-9-5-4-8-10-6(9)2-1-3-7(10)11(14)12(8)15;;/h1-15H;1-10H,11-12H2;1-5H;;1H2/q;;;+1;/p-1. The van der Waals surface area contributed by atoms with E-state index < -0.39 is 11.6 Å². The molecule has 3 aliphatic rings. The number of allylic oxidation sites excluding steroid dienone is 4. The molecule has 0 aliphatic heterocycles. The molecule has 62 heavy (non-hydrogen) atoms. The Kier molecular flexibility index (Phi) is 14.2. The van der Waals surface area contributed by atoms with Gasteiger partial charge in [-0.25, -0.2) is 0 Å². The van der Waals surface area contributed by atoms with Crippen LogP contribution >= 0.6 is 31.9 Å². The van der Waals surface area contributed by atoms with Crippen molar-refractivity contribution in [3.8, 4) is 0 Å². The Morgan fingerprint density at radius 3 is 1.18 bits per heavy atom. The maximum absolute atomic E-state index is 13.8. The van der Waals surface area contributed by atoms with Gasteiger partial charge in [0.25, 0.3) is 0 Å². The Bertz CT molecular complexity index is 2970. The SMILES string of the molecule is O=C(Cc1ccccc1)Cc1ccccc1.O=C1C(=O)c2ccc(Br)c3cccc1c23.O=C1C(c2ccccc2)=C2C(=C1c1ccccc1)c1ccc(Br)c3cccc2c13.[K+].[OH-]. The zero-order valence-electron chi connectivity index (χ0n) is 33.6. The smallest absolute Gasteiger partial charge is 0.870 e. The molecule has 0 radical (unpaired) electrons. The van der Waals surface area contributed by atoms with Crippen molar-refractivity contribution in [3.05, 3.63) is 235 Å². The first-order valence-corrected chi connectivity index (χ1v) is 21.1. The second-order valence-electron chi connectivity index (χ2n) is 14.7. The van der Waals surface area contributed by atoms with Gasteiger partial charge in [-0.3, -0.25) is 19.2 Å². The van der Waals surface area contributed by atoms with Gasteiger partial charge in [0, 0.05) is 60.6 Å². The first kappa shape index (κ1) is 45.0. The molecule has 8 aromatic carbocycles. The van der Waals surface area contributed by atoms with Gasteiger partial charge in [0.15, 0.2) is 5.78 Å². The fourth-order valence-electron chi connectivity index (χ4n) is 8.39. The normalized spacial score (nSPS) is 12.9. The fourth-order valence-corrected chi connectivity index (χ4v) is 9.32. The number of hydrogen-bond donors (Lipinski definition) is 0. The number of carbonyl (C=O) groups excluding carboxylic acids is 4. The van der Waals surface area contributed by atoms with E-state index in [2.05, 4.69) is 62.2 Å². The Morgan fingerprint density at radius 1 is 0.371 bits per heavy atom. The molecular weight excluding hydrogens is 927 g/mol. The molecule has 0 atom stereocenters. The van der Waals surface area contributed by atoms with Crippen molar-refractivity contribution in [2.45, 2.75) is 12.8 Å². The number of Topliss-reactive ketones (excluding diaryl/α,β-unsaturated/α-hetero) is 4. The predicted octanol–water partition coefficient (Wildman–Crippen LogP) is 9.87. The van der Waals surface area contributed by atoms with Crippen LogP contribution in [0.1, 0.15) is 54.1 Å².